The zero-order valence-corrected chi connectivity index (χ0v) is 11.2. The maximum Gasteiger partial charge on any atom is 0.308 e. The fraction of sp³-hybridized carbons (Fsp3) is 0.125. The van der Waals surface area contributed by atoms with E-state index in [0.29, 0.717) is 16.5 Å². The molecule has 0 bridgehead atoms. The van der Waals surface area contributed by atoms with E-state index in [2.05, 4.69) is 0 Å². The Labute approximate surface area is 115 Å². The van der Waals surface area contributed by atoms with E-state index < -0.39 is 0 Å². The molecule has 0 radical (unpaired) electrons. The average Bonchev–Trinajstić information content (AvgIpc) is 2.44. The van der Waals surface area contributed by atoms with Crippen LogP contribution in [0.5, 0.6) is 5.75 Å². The number of carbonyl (C=O) groups is 1. The van der Waals surface area contributed by atoms with Gasteiger partial charge in [0.2, 0.25) is 0 Å². The quantitative estimate of drug-likeness (QED) is 0.387. The standard InChI is InChI=1S/C16H13NO3/c1-10(18)20-11-7-8-13-15(9-11)17(2)14-6-4-3-5-12(14)16(13)19/h3-9H,1-2H3. The summed E-state index contributed by atoms with van der Waals surface area (Å²) < 4.78 is 7.00. The zero-order valence-electron chi connectivity index (χ0n) is 11.2. The van der Waals surface area contributed by atoms with Crippen molar-refractivity contribution < 1.29 is 9.53 Å². The van der Waals surface area contributed by atoms with Gasteiger partial charge in [0.15, 0.2) is 5.43 Å². The lowest BCUT2D eigenvalue weighted by atomic mass is 10.1. The Hall–Kier alpha value is -2.62. The molecule has 0 N–H and O–H groups in total. The Balaban J connectivity index is 2.41. The largest absolute Gasteiger partial charge is 0.427 e. The number of hydrogen-bond acceptors (Lipinski definition) is 3. The van der Waals surface area contributed by atoms with E-state index in [1.54, 1.807) is 18.2 Å². The van der Waals surface area contributed by atoms with Gasteiger partial charge in [-0.25, -0.2) is 0 Å². The van der Waals surface area contributed by atoms with Crippen LogP contribution in [0.2, 0.25) is 0 Å². The highest BCUT2D eigenvalue weighted by Gasteiger charge is 2.09. The summed E-state index contributed by atoms with van der Waals surface area (Å²) in [6.45, 7) is 1.35. The van der Waals surface area contributed by atoms with Crippen LogP contribution in [0.25, 0.3) is 21.8 Å². The molecule has 3 rings (SSSR count). The van der Waals surface area contributed by atoms with Crippen molar-refractivity contribution in [1.29, 1.82) is 0 Å². The molecule has 1 heterocycles. The zero-order chi connectivity index (χ0) is 14.3. The maximum absolute atomic E-state index is 12.5. The molecule has 0 saturated carbocycles. The van der Waals surface area contributed by atoms with Crippen molar-refractivity contribution in [1.82, 2.24) is 4.57 Å². The number of hydrogen-bond donors (Lipinski definition) is 0. The lowest BCUT2D eigenvalue weighted by Crippen LogP contribution is -2.09. The highest BCUT2D eigenvalue weighted by molar-refractivity contribution is 5.94. The van der Waals surface area contributed by atoms with E-state index in [9.17, 15) is 9.59 Å². The topological polar surface area (TPSA) is 48.3 Å². The smallest absolute Gasteiger partial charge is 0.308 e. The third-order valence-electron chi connectivity index (χ3n) is 3.35. The minimum atomic E-state index is -0.380. The minimum absolute atomic E-state index is 0.0110. The van der Waals surface area contributed by atoms with Crippen molar-refractivity contribution in [3.05, 3.63) is 52.7 Å². The van der Waals surface area contributed by atoms with Gasteiger partial charge < -0.3 is 9.30 Å². The first-order valence-electron chi connectivity index (χ1n) is 6.28. The minimum Gasteiger partial charge on any atom is -0.427 e. The molecule has 1 aromatic heterocycles. The van der Waals surface area contributed by atoms with Crippen LogP contribution in [0.15, 0.2) is 47.3 Å². The number of benzene rings is 2. The number of aromatic nitrogens is 1. The molecule has 3 aromatic rings. The van der Waals surface area contributed by atoms with Crippen LogP contribution in [-0.2, 0) is 11.8 Å². The summed E-state index contributed by atoms with van der Waals surface area (Å²) in [6, 6.07) is 12.5. The van der Waals surface area contributed by atoms with Crippen LogP contribution < -0.4 is 10.2 Å². The molecule has 0 saturated heterocycles. The third-order valence-corrected chi connectivity index (χ3v) is 3.35. The summed E-state index contributed by atoms with van der Waals surface area (Å²) >= 11 is 0. The molecule has 20 heavy (non-hydrogen) atoms. The molecular weight excluding hydrogens is 254 g/mol. The van der Waals surface area contributed by atoms with E-state index >= 15 is 0 Å². The van der Waals surface area contributed by atoms with E-state index in [-0.39, 0.29) is 11.4 Å². The number of nitrogens with zero attached hydrogens (tertiary/aromatic N) is 1. The van der Waals surface area contributed by atoms with Gasteiger partial charge in [-0.2, -0.15) is 0 Å². The number of rotatable bonds is 1. The fourth-order valence-electron chi connectivity index (χ4n) is 2.44. The summed E-state index contributed by atoms with van der Waals surface area (Å²) in [6.07, 6.45) is 0. The second-order valence-electron chi connectivity index (χ2n) is 4.68. The van der Waals surface area contributed by atoms with Gasteiger partial charge in [-0.3, -0.25) is 9.59 Å². The number of ether oxygens (including phenoxy) is 1. The first-order valence-corrected chi connectivity index (χ1v) is 6.28. The summed E-state index contributed by atoms with van der Waals surface area (Å²) in [7, 11) is 1.89. The molecule has 0 fully saturated rings. The molecule has 100 valence electrons. The van der Waals surface area contributed by atoms with Gasteiger partial charge in [-0.15, -0.1) is 0 Å². The van der Waals surface area contributed by atoms with Crippen LogP contribution in [0.3, 0.4) is 0 Å². The van der Waals surface area contributed by atoms with Crippen LogP contribution in [0, 0.1) is 0 Å². The third kappa shape index (κ3) is 1.86. The molecular formula is C16H13NO3. The van der Waals surface area contributed by atoms with Gasteiger partial charge in [0, 0.05) is 30.8 Å². The fourth-order valence-corrected chi connectivity index (χ4v) is 2.44. The average molecular weight is 267 g/mol. The molecule has 0 aliphatic rings. The van der Waals surface area contributed by atoms with Crippen molar-refractivity contribution >= 4 is 27.8 Å². The highest BCUT2D eigenvalue weighted by Crippen LogP contribution is 2.22. The van der Waals surface area contributed by atoms with E-state index in [4.69, 9.17) is 4.74 Å². The van der Waals surface area contributed by atoms with Gasteiger partial charge in [-0.05, 0) is 24.3 Å². The molecule has 0 aliphatic heterocycles. The predicted octanol–water partition coefficient (Wildman–Crippen LogP) is 2.62. The van der Waals surface area contributed by atoms with Gasteiger partial charge in [0.25, 0.3) is 0 Å². The van der Waals surface area contributed by atoms with Crippen LogP contribution >= 0.6 is 0 Å². The van der Waals surface area contributed by atoms with Gasteiger partial charge >= 0.3 is 5.97 Å². The van der Waals surface area contributed by atoms with Crippen molar-refractivity contribution in [3.8, 4) is 5.75 Å². The van der Waals surface area contributed by atoms with E-state index in [0.717, 1.165) is 11.0 Å². The van der Waals surface area contributed by atoms with Gasteiger partial charge in [0.1, 0.15) is 5.75 Å². The number of fused-ring (bicyclic) bond motifs is 2. The second kappa shape index (κ2) is 4.49. The lowest BCUT2D eigenvalue weighted by Gasteiger charge is -2.11. The number of carbonyl (C=O) groups excluding carboxylic acids is 1. The van der Waals surface area contributed by atoms with E-state index in [1.807, 2.05) is 35.9 Å². The molecule has 4 heteroatoms. The van der Waals surface area contributed by atoms with Gasteiger partial charge in [-0.1, -0.05) is 12.1 Å². The summed E-state index contributed by atoms with van der Waals surface area (Å²) in [4.78, 5) is 23.5. The predicted molar refractivity (Wildman–Crippen MR) is 78.0 cm³/mol. The Morgan fingerprint density at radius 3 is 2.50 bits per heavy atom. The Bertz CT molecular complexity index is 893. The van der Waals surface area contributed by atoms with Crippen molar-refractivity contribution in [3.63, 3.8) is 0 Å². The Kier molecular flexibility index (Phi) is 2.79. The van der Waals surface area contributed by atoms with Crippen LogP contribution in [0.4, 0.5) is 0 Å². The Morgan fingerprint density at radius 1 is 1.05 bits per heavy atom. The molecule has 0 unspecified atom stereocenters. The van der Waals surface area contributed by atoms with Crippen LogP contribution in [0.1, 0.15) is 6.92 Å². The normalized spacial score (nSPS) is 10.9. The first-order chi connectivity index (χ1) is 9.58. The highest BCUT2D eigenvalue weighted by atomic mass is 16.5. The van der Waals surface area contributed by atoms with Crippen molar-refractivity contribution in [2.75, 3.05) is 0 Å². The molecule has 4 nitrogen and oxygen atoms in total. The van der Waals surface area contributed by atoms with Crippen molar-refractivity contribution in [2.24, 2.45) is 7.05 Å². The lowest BCUT2D eigenvalue weighted by molar-refractivity contribution is -0.131. The molecule has 2 aromatic carbocycles. The van der Waals surface area contributed by atoms with Crippen LogP contribution in [-0.4, -0.2) is 10.5 Å². The maximum atomic E-state index is 12.5. The number of para-hydroxylation sites is 1. The van der Waals surface area contributed by atoms with Gasteiger partial charge in [0.05, 0.1) is 11.0 Å². The summed E-state index contributed by atoms with van der Waals surface area (Å²) in [5.41, 5.74) is 1.58. The molecule has 0 spiro atoms. The van der Waals surface area contributed by atoms with Crippen molar-refractivity contribution in [2.45, 2.75) is 6.92 Å². The molecule has 0 atom stereocenters. The van der Waals surface area contributed by atoms with E-state index in [1.165, 1.54) is 6.92 Å². The number of pyridine rings is 1. The second-order valence-corrected chi connectivity index (χ2v) is 4.68. The summed E-state index contributed by atoms with van der Waals surface area (Å²) in [5.74, 6) is 0.0606. The SMILES string of the molecule is CC(=O)Oc1ccc2c(=O)c3ccccc3n(C)c2c1. The summed E-state index contributed by atoms with van der Waals surface area (Å²) in [5, 5.41) is 1.30. The number of aryl methyl sites for hydroxylation is 1. The molecule has 0 amide bonds. The molecule has 0 aliphatic carbocycles. The monoisotopic (exact) mass is 267 g/mol. The Morgan fingerprint density at radius 2 is 1.75 bits per heavy atom. The number of esters is 1. The first kappa shape index (κ1) is 12.4.